The van der Waals surface area contributed by atoms with E-state index < -0.39 is 5.82 Å². The zero-order valence-corrected chi connectivity index (χ0v) is 16.0. The number of aromatic nitrogens is 2. The van der Waals surface area contributed by atoms with Gasteiger partial charge in [-0.1, -0.05) is 18.3 Å². The number of nitrogens with zero attached hydrogens (tertiary/aromatic N) is 4. The highest BCUT2D eigenvalue weighted by molar-refractivity contribution is 7.73. The molecule has 2 aliphatic rings. The van der Waals surface area contributed by atoms with Crippen LogP contribution in [-0.2, 0) is 17.9 Å². The number of hydrogen-bond donors (Lipinski definition) is 0. The molecule has 9 heteroatoms. The number of amides is 1. The fourth-order valence-corrected chi connectivity index (χ4v) is 4.59. The normalized spacial score (nSPS) is 17.1. The Morgan fingerprint density at radius 1 is 1.31 bits per heavy atom. The van der Waals surface area contributed by atoms with Crippen LogP contribution >= 0.6 is 23.6 Å². The van der Waals surface area contributed by atoms with E-state index in [9.17, 15) is 9.18 Å². The van der Waals surface area contributed by atoms with Gasteiger partial charge < -0.3 is 9.64 Å². The topological polar surface area (TPSA) is 51.8 Å². The molecule has 26 heavy (non-hydrogen) atoms. The SMILES string of the molecule is CCCN1C(=O)COc2cc(F)c(N=c3sc(=S)n4n3CCCC4)cc21. The van der Waals surface area contributed by atoms with E-state index in [1.165, 1.54) is 17.4 Å². The Kier molecular flexibility index (Phi) is 4.66. The van der Waals surface area contributed by atoms with Crippen molar-refractivity contribution in [2.24, 2.45) is 4.99 Å². The lowest BCUT2D eigenvalue weighted by molar-refractivity contribution is -0.121. The third-order valence-electron chi connectivity index (χ3n) is 4.53. The van der Waals surface area contributed by atoms with Crippen molar-refractivity contribution in [3.8, 4) is 5.75 Å². The molecule has 1 amide bonds. The van der Waals surface area contributed by atoms with E-state index in [4.69, 9.17) is 17.0 Å². The van der Waals surface area contributed by atoms with E-state index in [-0.39, 0.29) is 18.2 Å². The van der Waals surface area contributed by atoms with Crippen LogP contribution < -0.4 is 14.4 Å². The maximum atomic E-state index is 14.6. The number of hydrogen-bond acceptors (Lipinski definition) is 5. The maximum absolute atomic E-state index is 14.6. The lowest BCUT2D eigenvalue weighted by Gasteiger charge is -2.29. The molecule has 0 saturated heterocycles. The average molecular weight is 394 g/mol. The molecule has 0 fully saturated rings. The van der Waals surface area contributed by atoms with Crippen molar-refractivity contribution in [2.45, 2.75) is 39.3 Å². The summed E-state index contributed by atoms with van der Waals surface area (Å²) in [5.41, 5.74) is 0.769. The molecule has 0 unspecified atom stereocenters. The van der Waals surface area contributed by atoms with Gasteiger partial charge in [-0.25, -0.2) is 9.38 Å². The number of ether oxygens (including phenoxy) is 1. The third-order valence-corrected chi connectivity index (χ3v) is 5.86. The van der Waals surface area contributed by atoms with Gasteiger partial charge in [0.15, 0.2) is 16.4 Å². The van der Waals surface area contributed by atoms with Crippen molar-refractivity contribution in [3.63, 3.8) is 0 Å². The van der Waals surface area contributed by atoms with Crippen LogP contribution in [-0.4, -0.2) is 28.4 Å². The van der Waals surface area contributed by atoms with Crippen molar-refractivity contribution in [1.29, 1.82) is 0 Å². The molecule has 2 aliphatic heterocycles. The van der Waals surface area contributed by atoms with Gasteiger partial charge in [0.2, 0.25) is 4.80 Å². The van der Waals surface area contributed by atoms with Gasteiger partial charge in [0, 0.05) is 25.7 Å². The lowest BCUT2D eigenvalue weighted by Crippen LogP contribution is -2.39. The summed E-state index contributed by atoms with van der Waals surface area (Å²) in [5, 5.41) is 0. The lowest BCUT2D eigenvalue weighted by atomic mass is 10.2. The summed E-state index contributed by atoms with van der Waals surface area (Å²) in [6.45, 7) is 4.18. The second-order valence-electron chi connectivity index (χ2n) is 6.32. The number of fused-ring (bicyclic) bond motifs is 2. The summed E-state index contributed by atoms with van der Waals surface area (Å²) in [4.78, 5) is 19.0. The van der Waals surface area contributed by atoms with Crippen molar-refractivity contribution >= 4 is 40.8 Å². The Morgan fingerprint density at radius 2 is 2.08 bits per heavy atom. The zero-order valence-electron chi connectivity index (χ0n) is 14.4. The van der Waals surface area contributed by atoms with Gasteiger partial charge >= 0.3 is 0 Å². The van der Waals surface area contributed by atoms with Crippen LogP contribution in [0.1, 0.15) is 26.2 Å². The summed E-state index contributed by atoms with van der Waals surface area (Å²) in [5.74, 6) is -0.207. The Morgan fingerprint density at radius 3 is 2.85 bits per heavy atom. The van der Waals surface area contributed by atoms with Crippen LogP contribution in [0.15, 0.2) is 17.1 Å². The quantitative estimate of drug-likeness (QED) is 0.750. The highest BCUT2D eigenvalue weighted by Gasteiger charge is 2.26. The molecular formula is C17H19FN4O2S2. The smallest absolute Gasteiger partial charge is 0.265 e. The summed E-state index contributed by atoms with van der Waals surface area (Å²) in [7, 11) is 0. The maximum Gasteiger partial charge on any atom is 0.265 e. The molecule has 1 aromatic heterocycles. The van der Waals surface area contributed by atoms with E-state index in [1.54, 1.807) is 11.0 Å². The first-order valence-corrected chi connectivity index (χ1v) is 9.93. The van der Waals surface area contributed by atoms with E-state index in [2.05, 4.69) is 4.99 Å². The molecule has 0 radical (unpaired) electrons. The van der Waals surface area contributed by atoms with Gasteiger partial charge in [-0.3, -0.25) is 14.2 Å². The molecule has 0 saturated carbocycles. The first-order valence-electron chi connectivity index (χ1n) is 8.70. The van der Waals surface area contributed by atoms with Crippen LogP contribution in [0.25, 0.3) is 0 Å². The number of carbonyl (C=O) groups excluding carboxylic acids is 1. The molecule has 3 heterocycles. The Labute approximate surface area is 159 Å². The van der Waals surface area contributed by atoms with E-state index in [0.717, 1.165) is 36.3 Å². The fourth-order valence-electron chi connectivity index (χ4n) is 3.29. The summed E-state index contributed by atoms with van der Waals surface area (Å²) in [6.07, 6.45) is 2.94. The van der Waals surface area contributed by atoms with Gasteiger partial charge in [0.05, 0.1) is 5.69 Å². The number of carbonyl (C=O) groups is 1. The Balaban J connectivity index is 1.84. The first kappa shape index (κ1) is 17.4. The van der Waals surface area contributed by atoms with Crippen molar-refractivity contribution < 1.29 is 13.9 Å². The van der Waals surface area contributed by atoms with E-state index >= 15 is 0 Å². The minimum absolute atomic E-state index is 0.0623. The summed E-state index contributed by atoms with van der Waals surface area (Å²) in [6, 6.07) is 2.91. The molecule has 138 valence electrons. The average Bonchev–Trinajstić information content (AvgIpc) is 2.95. The van der Waals surface area contributed by atoms with Crippen LogP contribution in [0.5, 0.6) is 5.75 Å². The molecule has 2 aromatic rings. The molecule has 0 spiro atoms. The molecule has 0 N–H and O–H groups in total. The molecule has 0 bridgehead atoms. The molecule has 6 nitrogen and oxygen atoms in total. The standard InChI is InChI=1S/C17H19FN4O2S2/c1-2-5-20-13-9-12(11(18)8-14(13)24-10-15(20)23)19-16-21-6-3-4-7-22(21)17(25)26-16/h8-9H,2-7,10H2,1H3. The monoisotopic (exact) mass is 394 g/mol. The molecule has 1 aromatic carbocycles. The first-order chi connectivity index (χ1) is 12.6. The minimum atomic E-state index is -0.468. The fraction of sp³-hybridized carbons (Fsp3) is 0.471. The van der Waals surface area contributed by atoms with Gasteiger partial charge in [-0.05, 0) is 37.5 Å². The highest BCUT2D eigenvalue weighted by atomic mass is 32.1. The van der Waals surface area contributed by atoms with Crippen molar-refractivity contribution in [1.82, 2.24) is 9.36 Å². The zero-order chi connectivity index (χ0) is 18.3. The van der Waals surface area contributed by atoms with Gasteiger partial charge in [-0.15, -0.1) is 0 Å². The largest absolute Gasteiger partial charge is 0.481 e. The van der Waals surface area contributed by atoms with Gasteiger partial charge in [0.25, 0.3) is 5.91 Å². The highest BCUT2D eigenvalue weighted by Crippen LogP contribution is 2.37. The summed E-state index contributed by atoms with van der Waals surface area (Å²) >= 11 is 6.79. The second-order valence-corrected chi connectivity index (χ2v) is 7.92. The number of anilines is 1. The third kappa shape index (κ3) is 2.99. The molecule has 4 rings (SSSR count). The minimum Gasteiger partial charge on any atom is -0.481 e. The van der Waals surface area contributed by atoms with Crippen LogP contribution in [0, 0.1) is 9.77 Å². The Hall–Kier alpha value is -2.00. The van der Waals surface area contributed by atoms with Gasteiger partial charge in [-0.2, -0.15) is 0 Å². The predicted octanol–water partition coefficient (Wildman–Crippen LogP) is 3.38. The van der Waals surface area contributed by atoms with Crippen LogP contribution in [0.2, 0.25) is 0 Å². The second kappa shape index (κ2) is 6.96. The predicted molar refractivity (Wildman–Crippen MR) is 100 cm³/mol. The van der Waals surface area contributed by atoms with Crippen molar-refractivity contribution in [3.05, 3.63) is 26.7 Å². The summed E-state index contributed by atoms with van der Waals surface area (Å²) < 4.78 is 24.8. The molecule has 0 atom stereocenters. The van der Waals surface area contributed by atoms with Gasteiger partial charge in [0.1, 0.15) is 11.4 Å². The Bertz CT molecular complexity index is 992. The van der Waals surface area contributed by atoms with Crippen LogP contribution in [0.4, 0.5) is 15.8 Å². The van der Waals surface area contributed by atoms with E-state index in [1.807, 2.05) is 16.3 Å². The van der Waals surface area contributed by atoms with E-state index in [0.29, 0.717) is 22.8 Å². The van der Waals surface area contributed by atoms with Crippen LogP contribution in [0.3, 0.4) is 0 Å². The molecular weight excluding hydrogens is 375 g/mol. The number of halogens is 1. The molecule has 0 aliphatic carbocycles. The number of rotatable bonds is 3. The number of benzene rings is 1. The van der Waals surface area contributed by atoms with Crippen molar-refractivity contribution in [2.75, 3.05) is 18.1 Å².